The molecule has 104 valence electrons. The molecule has 1 atom stereocenters. The third kappa shape index (κ3) is 2.63. The number of hydrogen-bond acceptors (Lipinski definition) is 3. The van der Waals surface area contributed by atoms with Crippen LogP contribution >= 0.6 is 0 Å². The molecule has 0 amide bonds. The maximum absolute atomic E-state index is 11.7. The molecule has 2 heterocycles. The first-order valence-electron chi connectivity index (χ1n) is 6.99. The molecule has 1 fully saturated rings. The average Bonchev–Trinajstić information content (AvgIpc) is 2.77. The fourth-order valence-electron chi connectivity index (χ4n) is 3.08. The lowest BCUT2D eigenvalue weighted by Crippen LogP contribution is -2.50. The van der Waals surface area contributed by atoms with Crippen LogP contribution in [-0.4, -0.2) is 33.0 Å². The summed E-state index contributed by atoms with van der Waals surface area (Å²) in [6.45, 7) is 5.56. The largest absolute Gasteiger partial charge is 0.480 e. The van der Waals surface area contributed by atoms with Crippen LogP contribution in [0, 0.1) is 6.92 Å². The Balaban J connectivity index is 2.23. The number of likely N-dealkylation sites (tertiary alicyclic amines) is 1. The minimum atomic E-state index is -0.682. The number of rotatable bonds is 5. The molecule has 4 heteroatoms. The maximum atomic E-state index is 11.7. The highest BCUT2D eigenvalue weighted by molar-refractivity contribution is 5.79. The van der Waals surface area contributed by atoms with Crippen LogP contribution in [0.3, 0.4) is 0 Å². The zero-order chi connectivity index (χ0) is 13.9. The number of aromatic nitrogens is 1. The Labute approximate surface area is 114 Å². The lowest BCUT2D eigenvalue weighted by molar-refractivity contribution is -0.150. The van der Waals surface area contributed by atoms with Crippen molar-refractivity contribution in [3.8, 4) is 0 Å². The number of pyridine rings is 1. The molecule has 0 saturated carbocycles. The van der Waals surface area contributed by atoms with Gasteiger partial charge in [-0.05, 0) is 44.4 Å². The molecule has 1 aromatic rings. The first-order chi connectivity index (χ1) is 9.10. The van der Waals surface area contributed by atoms with Crippen LogP contribution in [0.5, 0.6) is 0 Å². The SMILES string of the molecule is CCCC1(C(=O)O)CCCN1Cc1ncccc1C. The van der Waals surface area contributed by atoms with Gasteiger partial charge in [-0.3, -0.25) is 14.7 Å². The third-order valence-electron chi connectivity index (χ3n) is 4.14. The average molecular weight is 262 g/mol. The monoisotopic (exact) mass is 262 g/mol. The quantitative estimate of drug-likeness (QED) is 0.886. The van der Waals surface area contributed by atoms with Crippen molar-refractivity contribution in [1.82, 2.24) is 9.88 Å². The van der Waals surface area contributed by atoms with Crippen molar-refractivity contribution < 1.29 is 9.90 Å². The first kappa shape index (κ1) is 14.0. The van der Waals surface area contributed by atoms with E-state index < -0.39 is 11.5 Å². The third-order valence-corrected chi connectivity index (χ3v) is 4.14. The van der Waals surface area contributed by atoms with E-state index in [0.29, 0.717) is 13.0 Å². The molecular weight excluding hydrogens is 240 g/mol. The van der Waals surface area contributed by atoms with Gasteiger partial charge >= 0.3 is 5.97 Å². The highest BCUT2D eigenvalue weighted by Gasteiger charge is 2.46. The van der Waals surface area contributed by atoms with E-state index in [1.807, 2.05) is 26.0 Å². The van der Waals surface area contributed by atoms with Gasteiger partial charge in [-0.15, -0.1) is 0 Å². The van der Waals surface area contributed by atoms with Crippen molar-refractivity contribution in [1.29, 1.82) is 0 Å². The summed E-state index contributed by atoms with van der Waals surface area (Å²) in [5.74, 6) is -0.680. The molecule has 2 rings (SSSR count). The molecule has 1 aromatic heterocycles. The van der Waals surface area contributed by atoms with Gasteiger partial charge in [0.15, 0.2) is 0 Å². The summed E-state index contributed by atoms with van der Waals surface area (Å²) in [6, 6.07) is 3.94. The summed E-state index contributed by atoms with van der Waals surface area (Å²) in [7, 11) is 0. The van der Waals surface area contributed by atoms with Gasteiger partial charge in [-0.25, -0.2) is 0 Å². The van der Waals surface area contributed by atoms with E-state index in [2.05, 4.69) is 9.88 Å². The van der Waals surface area contributed by atoms with Gasteiger partial charge in [-0.1, -0.05) is 19.4 Å². The molecule has 1 aliphatic heterocycles. The van der Waals surface area contributed by atoms with Crippen LogP contribution in [0.25, 0.3) is 0 Å². The fraction of sp³-hybridized carbons (Fsp3) is 0.600. The van der Waals surface area contributed by atoms with Crippen LogP contribution in [0.2, 0.25) is 0 Å². The van der Waals surface area contributed by atoms with Crippen molar-refractivity contribution in [3.63, 3.8) is 0 Å². The Morgan fingerprint density at radius 3 is 3.00 bits per heavy atom. The smallest absolute Gasteiger partial charge is 0.324 e. The molecule has 0 spiro atoms. The molecule has 1 N–H and O–H groups in total. The maximum Gasteiger partial charge on any atom is 0.324 e. The van der Waals surface area contributed by atoms with Crippen LogP contribution in [0.4, 0.5) is 0 Å². The summed E-state index contributed by atoms with van der Waals surface area (Å²) in [5, 5.41) is 9.65. The number of aliphatic carboxylic acids is 1. The van der Waals surface area contributed by atoms with Crippen LogP contribution in [-0.2, 0) is 11.3 Å². The number of hydrogen-bond donors (Lipinski definition) is 1. The van der Waals surface area contributed by atoms with Gasteiger partial charge < -0.3 is 5.11 Å². The Morgan fingerprint density at radius 1 is 1.58 bits per heavy atom. The first-order valence-corrected chi connectivity index (χ1v) is 6.99. The zero-order valence-corrected chi connectivity index (χ0v) is 11.7. The summed E-state index contributed by atoms with van der Waals surface area (Å²) in [5.41, 5.74) is 1.44. The second-order valence-corrected chi connectivity index (χ2v) is 5.38. The standard InChI is InChI=1S/C15H22N2O2/c1-3-7-15(14(18)19)8-5-10-17(15)11-13-12(2)6-4-9-16-13/h4,6,9H,3,5,7-8,10-11H2,1-2H3,(H,18,19). The molecule has 0 aromatic carbocycles. The molecule has 0 aliphatic carbocycles. The zero-order valence-electron chi connectivity index (χ0n) is 11.7. The molecule has 1 aliphatic rings. The summed E-state index contributed by atoms with van der Waals surface area (Å²) in [6.07, 6.45) is 5.10. The van der Waals surface area contributed by atoms with E-state index >= 15 is 0 Å². The second-order valence-electron chi connectivity index (χ2n) is 5.38. The molecule has 1 unspecified atom stereocenters. The molecule has 0 radical (unpaired) electrons. The lowest BCUT2D eigenvalue weighted by atomic mass is 9.90. The van der Waals surface area contributed by atoms with Crippen molar-refractivity contribution in [3.05, 3.63) is 29.6 Å². The number of aryl methyl sites for hydroxylation is 1. The second kappa shape index (κ2) is 5.70. The molecule has 4 nitrogen and oxygen atoms in total. The van der Waals surface area contributed by atoms with E-state index in [1.165, 1.54) is 0 Å². The summed E-state index contributed by atoms with van der Waals surface area (Å²) >= 11 is 0. The summed E-state index contributed by atoms with van der Waals surface area (Å²) in [4.78, 5) is 18.2. The Morgan fingerprint density at radius 2 is 2.37 bits per heavy atom. The normalized spacial score (nSPS) is 23.7. The van der Waals surface area contributed by atoms with Gasteiger partial charge in [0.1, 0.15) is 5.54 Å². The number of carboxylic acids is 1. The van der Waals surface area contributed by atoms with Crippen LogP contribution in [0.15, 0.2) is 18.3 Å². The van der Waals surface area contributed by atoms with Crippen molar-refractivity contribution in [2.75, 3.05) is 6.54 Å². The highest BCUT2D eigenvalue weighted by Crippen LogP contribution is 2.35. The van der Waals surface area contributed by atoms with Gasteiger partial charge in [0.25, 0.3) is 0 Å². The van der Waals surface area contributed by atoms with Crippen molar-refractivity contribution in [2.45, 2.75) is 51.6 Å². The Hall–Kier alpha value is -1.42. The number of nitrogens with zero attached hydrogens (tertiary/aromatic N) is 2. The minimum absolute atomic E-state index is 0.638. The van der Waals surface area contributed by atoms with E-state index in [9.17, 15) is 9.90 Å². The summed E-state index contributed by atoms with van der Waals surface area (Å²) < 4.78 is 0. The van der Waals surface area contributed by atoms with E-state index in [0.717, 1.165) is 37.1 Å². The molecule has 19 heavy (non-hydrogen) atoms. The molecule has 1 saturated heterocycles. The van der Waals surface area contributed by atoms with Crippen LogP contribution < -0.4 is 0 Å². The predicted molar refractivity (Wildman–Crippen MR) is 73.9 cm³/mol. The minimum Gasteiger partial charge on any atom is -0.480 e. The molecule has 0 bridgehead atoms. The fourth-order valence-corrected chi connectivity index (χ4v) is 3.08. The van der Waals surface area contributed by atoms with E-state index in [-0.39, 0.29) is 0 Å². The predicted octanol–water partition coefficient (Wildman–Crippen LogP) is 2.61. The van der Waals surface area contributed by atoms with Gasteiger partial charge in [0, 0.05) is 12.7 Å². The lowest BCUT2D eigenvalue weighted by Gasteiger charge is -2.34. The van der Waals surface area contributed by atoms with Gasteiger partial charge in [-0.2, -0.15) is 0 Å². The van der Waals surface area contributed by atoms with E-state index in [4.69, 9.17) is 0 Å². The van der Waals surface area contributed by atoms with Gasteiger partial charge in [0.05, 0.1) is 5.69 Å². The Kier molecular flexibility index (Phi) is 4.20. The topological polar surface area (TPSA) is 53.4 Å². The highest BCUT2D eigenvalue weighted by atomic mass is 16.4. The molecular formula is C15H22N2O2. The van der Waals surface area contributed by atoms with Crippen LogP contribution in [0.1, 0.15) is 43.9 Å². The van der Waals surface area contributed by atoms with Crippen molar-refractivity contribution in [2.24, 2.45) is 0 Å². The van der Waals surface area contributed by atoms with E-state index in [1.54, 1.807) is 6.20 Å². The van der Waals surface area contributed by atoms with Gasteiger partial charge in [0.2, 0.25) is 0 Å². The number of carbonyl (C=O) groups is 1. The van der Waals surface area contributed by atoms with Crippen molar-refractivity contribution >= 4 is 5.97 Å². The Bertz CT molecular complexity index is 461. The number of carboxylic acid groups (broad SMARTS) is 1.